The number of allylic oxidation sites excluding steroid dienone is 3. The van der Waals surface area contributed by atoms with E-state index in [0.717, 1.165) is 0 Å². The first kappa shape index (κ1) is 11.5. The minimum absolute atomic E-state index is 0.336. The van der Waals surface area contributed by atoms with E-state index >= 15 is 0 Å². The van der Waals surface area contributed by atoms with Gasteiger partial charge in [-0.1, -0.05) is 18.7 Å². The summed E-state index contributed by atoms with van der Waals surface area (Å²) in [6, 6.07) is 0. The third-order valence-electron chi connectivity index (χ3n) is 1.44. The standard InChI is InChI=1S/C10H14O3/c1-5-6-9(7-11)10(13-4)8(2)12-3/h5-7H,2H2,1,3-4H3/b6-5-,10-9-. The van der Waals surface area contributed by atoms with Crippen molar-refractivity contribution in [3.05, 3.63) is 35.8 Å². The Morgan fingerprint density at radius 2 is 1.92 bits per heavy atom. The number of rotatable bonds is 5. The van der Waals surface area contributed by atoms with E-state index in [0.29, 0.717) is 23.4 Å². The molecule has 0 amide bonds. The van der Waals surface area contributed by atoms with Gasteiger partial charge < -0.3 is 9.47 Å². The lowest BCUT2D eigenvalue weighted by Gasteiger charge is -2.09. The topological polar surface area (TPSA) is 35.5 Å². The van der Waals surface area contributed by atoms with Crippen LogP contribution in [0.25, 0.3) is 0 Å². The summed E-state index contributed by atoms with van der Waals surface area (Å²) < 4.78 is 9.84. The van der Waals surface area contributed by atoms with E-state index in [1.807, 2.05) is 6.92 Å². The van der Waals surface area contributed by atoms with Crippen molar-refractivity contribution >= 4 is 6.29 Å². The van der Waals surface area contributed by atoms with Crippen molar-refractivity contribution < 1.29 is 14.3 Å². The fourth-order valence-electron chi connectivity index (χ4n) is 0.833. The minimum atomic E-state index is 0.336. The van der Waals surface area contributed by atoms with Gasteiger partial charge >= 0.3 is 0 Å². The van der Waals surface area contributed by atoms with E-state index in [2.05, 4.69) is 6.58 Å². The summed E-state index contributed by atoms with van der Waals surface area (Å²) in [5.74, 6) is 0.693. The second-order valence-corrected chi connectivity index (χ2v) is 2.23. The Hall–Kier alpha value is -1.51. The zero-order valence-electron chi connectivity index (χ0n) is 8.16. The van der Waals surface area contributed by atoms with Gasteiger partial charge in [-0.15, -0.1) is 0 Å². The number of aldehydes is 1. The van der Waals surface area contributed by atoms with Gasteiger partial charge in [0, 0.05) is 0 Å². The molecule has 3 nitrogen and oxygen atoms in total. The highest BCUT2D eigenvalue weighted by Gasteiger charge is 2.07. The first-order valence-electron chi connectivity index (χ1n) is 3.80. The Kier molecular flexibility index (Phi) is 5.35. The molecular weight excluding hydrogens is 168 g/mol. The molecule has 0 aromatic carbocycles. The summed E-state index contributed by atoms with van der Waals surface area (Å²) in [5, 5.41) is 0. The Labute approximate surface area is 78.3 Å². The molecule has 0 aliphatic heterocycles. The molecule has 0 aromatic heterocycles. The van der Waals surface area contributed by atoms with Crippen LogP contribution in [0.1, 0.15) is 6.92 Å². The SMILES string of the molecule is C=C(OC)/C(OC)=C(C=O)\C=C/C. The molecular formula is C10H14O3. The predicted molar refractivity (Wildman–Crippen MR) is 51.1 cm³/mol. The van der Waals surface area contributed by atoms with Gasteiger partial charge in [0.25, 0.3) is 0 Å². The van der Waals surface area contributed by atoms with Gasteiger partial charge in [0.1, 0.15) is 0 Å². The van der Waals surface area contributed by atoms with Gasteiger partial charge in [-0.3, -0.25) is 4.79 Å². The number of carbonyl (C=O) groups is 1. The van der Waals surface area contributed by atoms with Crippen molar-refractivity contribution in [3.63, 3.8) is 0 Å². The van der Waals surface area contributed by atoms with Crippen molar-refractivity contribution in [1.29, 1.82) is 0 Å². The van der Waals surface area contributed by atoms with Crippen LogP contribution < -0.4 is 0 Å². The molecule has 0 aromatic rings. The van der Waals surface area contributed by atoms with Crippen molar-refractivity contribution in [2.75, 3.05) is 14.2 Å². The zero-order valence-corrected chi connectivity index (χ0v) is 8.16. The summed E-state index contributed by atoms with van der Waals surface area (Å²) >= 11 is 0. The Balaban J connectivity index is 5.04. The summed E-state index contributed by atoms with van der Waals surface area (Å²) in [6.07, 6.45) is 4.07. The molecule has 0 aliphatic rings. The normalized spacial score (nSPS) is 12.2. The van der Waals surface area contributed by atoms with Crippen LogP contribution >= 0.6 is 0 Å². The van der Waals surface area contributed by atoms with E-state index in [-0.39, 0.29) is 0 Å². The molecule has 0 saturated carbocycles. The van der Waals surface area contributed by atoms with Crippen molar-refractivity contribution in [3.8, 4) is 0 Å². The smallest absolute Gasteiger partial charge is 0.170 e. The van der Waals surface area contributed by atoms with E-state index in [1.54, 1.807) is 12.2 Å². The van der Waals surface area contributed by atoms with E-state index in [1.165, 1.54) is 14.2 Å². The molecule has 0 unspecified atom stereocenters. The molecule has 0 radical (unpaired) electrons. The molecule has 3 heteroatoms. The lowest BCUT2D eigenvalue weighted by molar-refractivity contribution is -0.104. The molecule has 0 spiro atoms. The van der Waals surface area contributed by atoms with Crippen LogP contribution in [0.15, 0.2) is 35.8 Å². The molecule has 0 rings (SSSR count). The molecule has 0 fully saturated rings. The summed E-state index contributed by atoms with van der Waals surface area (Å²) in [6.45, 7) is 5.41. The molecule has 0 atom stereocenters. The third kappa shape index (κ3) is 3.15. The molecule has 0 saturated heterocycles. The average Bonchev–Trinajstić information content (AvgIpc) is 2.17. The first-order chi connectivity index (χ1) is 6.21. The predicted octanol–water partition coefficient (Wildman–Crippen LogP) is 1.82. The quantitative estimate of drug-likeness (QED) is 0.281. The summed E-state index contributed by atoms with van der Waals surface area (Å²) in [4.78, 5) is 10.6. The Morgan fingerprint density at radius 3 is 2.23 bits per heavy atom. The number of methoxy groups -OCH3 is 2. The maximum Gasteiger partial charge on any atom is 0.170 e. The molecule has 0 bridgehead atoms. The zero-order chi connectivity index (χ0) is 10.3. The average molecular weight is 182 g/mol. The number of hydrogen-bond acceptors (Lipinski definition) is 3. The number of carbonyl (C=O) groups excluding carboxylic acids is 1. The van der Waals surface area contributed by atoms with Crippen molar-refractivity contribution in [2.45, 2.75) is 6.92 Å². The van der Waals surface area contributed by atoms with E-state index < -0.39 is 0 Å². The van der Waals surface area contributed by atoms with Crippen molar-refractivity contribution in [2.24, 2.45) is 0 Å². The van der Waals surface area contributed by atoms with Crippen LogP contribution in [0.3, 0.4) is 0 Å². The summed E-state index contributed by atoms with van der Waals surface area (Å²) in [5.41, 5.74) is 0.414. The summed E-state index contributed by atoms with van der Waals surface area (Å²) in [7, 11) is 2.94. The molecule has 13 heavy (non-hydrogen) atoms. The highest BCUT2D eigenvalue weighted by Crippen LogP contribution is 2.14. The molecule has 0 heterocycles. The monoisotopic (exact) mass is 182 g/mol. The van der Waals surface area contributed by atoms with Gasteiger partial charge in [-0.05, 0) is 6.92 Å². The second kappa shape index (κ2) is 6.06. The largest absolute Gasteiger partial charge is 0.493 e. The fourth-order valence-corrected chi connectivity index (χ4v) is 0.833. The second-order valence-electron chi connectivity index (χ2n) is 2.23. The molecule has 0 N–H and O–H groups in total. The lowest BCUT2D eigenvalue weighted by atomic mass is 10.2. The third-order valence-corrected chi connectivity index (χ3v) is 1.44. The van der Waals surface area contributed by atoms with Gasteiger partial charge in [-0.25, -0.2) is 0 Å². The van der Waals surface area contributed by atoms with Crippen LogP contribution in [0.5, 0.6) is 0 Å². The van der Waals surface area contributed by atoms with Gasteiger partial charge in [0.15, 0.2) is 17.8 Å². The van der Waals surface area contributed by atoms with Crippen LogP contribution in [-0.4, -0.2) is 20.5 Å². The van der Waals surface area contributed by atoms with Gasteiger partial charge in [-0.2, -0.15) is 0 Å². The van der Waals surface area contributed by atoms with Gasteiger partial charge in [0.2, 0.25) is 0 Å². The van der Waals surface area contributed by atoms with Gasteiger partial charge in [0.05, 0.1) is 19.8 Å². The van der Waals surface area contributed by atoms with E-state index in [4.69, 9.17) is 9.47 Å². The van der Waals surface area contributed by atoms with Crippen molar-refractivity contribution in [1.82, 2.24) is 0 Å². The number of ether oxygens (including phenoxy) is 2. The maximum absolute atomic E-state index is 10.6. The highest BCUT2D eigenvalue weighted by molar-refractivity contribution is 5.79. The van der Waals surface area contributed by atoms with Crippen LogP contribution in [0, 0.1) is 0 Å². The number of hydrogen-bond donors (Lipinski definition) is 0. The first-order valence-corrected chi connectivity index (χ1v) is 3.80. The minimum Gasteiger partial charge on any atom is -0.493 e. The van der Waals surface area contributed by atoms with E-state index in [9.17, 15) is 4.79 Å². The highest BCUT2D eigenvalue weighted by atomic mass is 16.5. The lowest BCUT2D eigenvalue weighted by Crippen LogP contribution is -1.99. The van der Waals surface area contributed by atoms with Crippen LogP contribution in [0.4, 0.5) is 0 Å². The molecule has 0 aliphatic carbocycles. The van der Waals surface area contributed by atoms with Crippen LogP contribution in [-0.2, 0) is 14.3 Å². The van der Waals surface area contributed by atoms with Crippen LogP contribution in [0.2, 0.25) is 0 Å². The molecule has 72 valence electrons. The maximum atomic E-state index is 10.6. The Morgan fingerprint density at radius 1 is 1.31 bits per heavy atom. The Bertz CT molecular complexity index is 249. The fraction of sp³-hybridized carbons (Fsp3) is 0.300.